The number of amides is 2. The number of carbonyl (C=O) groups is 2. The highest BCUT2D eigenvalue weighted by atomic mass is 16.5. The molecule has 7 heteroatoms. The number of nitrogens with one attached hydrogen (secondary N) is 1. The van der Waals surface area contributed by atoms with Crippen molar-refractivity contribution in [1.82, 2.24) is 14.8 Å². The van der Waals surface area contributed by atoms with E-state index < -0.39 is 0 Å². The van der Waals surface area contributed by atoms with E-state index in [9.17, 15) is 14.4 Å². The fourth-order valence-corrected chi connectivity index (χ4v) is 5.01. The molecule has 0 unspecified atom stereocenters. The Hall–Kier alpha value is -2.67. The van der Waals surface area contributed by atoms with Crippen LogP contribution in [0, 0.1) is 11.8 Å². The van der Waals surface area contributed by atoms with Crippen molar-refractivity contribution in [2.45, 2.75) is 31.9 Å². The van der Waals surface area contributed by atoms with Crippen molar-refractivity contribution in [3.05, 3.63) is 46.2 Å². The number of benzene rings is 1. The first-order chi connectivity index (χ1) is 13.9. The molecular weight excluding hydrogens is 370 g/mol. The number of ether oxygens (including phenoxy) is 1. The molecule has 2 aromatic rings. The monoisotopic (exact) mass is 397 g/mol. The highest BCUT2D eigenvalue weighted by Gasteiger charge is 2.44. The third kappa shape index (κ3) is 3.55. The van der Waals surface area contributed by atoms with Gasteiger partial charge in [-0.05, 0) is 30.7 Å². The highest BCUT2D eigenvalue weighted by molar-refractivity contribution is 6.06. The van der Waals surface area contributed by atoms with Crippen LogP contribution < -0.4 is 10.9 Å². The molecular formula is C22H27N3O4. The van der Waals surface area contributed by atoms with Gasteiger partial charge in [0, 0.05) is 45.6 Å². The number of rotatable bonds is 3. The zero-order chi connectivity index (χ0) is 20.7. The Morgan fingerprint density at radius 2 is 1.83 bits per heavy atom. The largest absolute Gasteiger partial charge is 0.379 e. The number of aromatic nitrogens is 1. The Morgan fingerprint density at radius 1 is 1.14 bits per heavy atom. The first-order valence-corrected chi connectivity index (χ1v) is 10.1. The van der Waals surface area contributed by atoms with Crippen molar-refractivity contribution in [3.8, 4) is 0 Å². The standard InChI is InChI=1S/C22H27N3O4/c1-13(26)23-18-8-14-11-25(12-15(14)9-20(18)29-3)22(28)17-10-21(27)24(2)19-7-5-4-6-16(17)19/h4-7,10,14-15,18,20H,8-9,11-12H2,1-3H3,(H,23,26)/t14-,15+,18-,20-/m1/s1. The maximum absolute atomic E-state index is 13.4. The first kappa shape index (κ1) is 19.6. The number of hydrogen-bond donors (Lipinski definition) is 1. The molecule has 1 aromatic carbocycles. The number of aryl methyl sites for hydroxylation is 1. The van der Waals surface area contributed by atoms with Gasteiger partial charge in [-0.1, -0.05) is 18.2 Å². The van der Waals surface area contributed by atoms with Gasteiger partial charge in [0.2, 0.25) is 5.91 Å². The van der Waals surface area contributed by atoms with Crippen molar-refractivity contribution in [2.24, 2.45) is 18.9 Å². The second-order valence-electron chi connectivity index (χ2n) is 8.26. The average Bonchev–Trinajstić information content (AvgIpc) is 3.12. The quantitative estimate of drug-likeness (QED) is 0.852. The molecule has 29 heavy (non-hydrogen) atoms. The summed E-state index contributed by atoms with van der Waals surface area (Å²) in [6.45, 7) is 2.81. The third-order valence-corrected chi connectivity index (χ3v) is 6.48. The van der Waals surface area contributed by atoms with Crippen LogP contribution >= 0.6 is 0 Å². The minimum absolute atomic E-state index is 0.0290. The van der Waals surface area contributed by atoms with Crippen LogP contribution in [0.1, 0.15) is 30.1 Å². The fourth-order valence-electron chi connectivity index (χ4n) is 5.01. The smallest absolute Gasteiger partial charge is 0.254 e. The van der Waals surface area contributed by atoms with E-state index in [1.165, 1.54) is 13.0 Å². The molecule has 2 amide bonds. The molecule has 0 bridgehead atoms. The molecule has 1 aliphatic carbocycles. The summed E-state index contributed by atoms with van der Waals surface area (Å²) in [6.07, 6.45) is 1.57. The van der Waals surface area contributed by atoms with E-state index in [2.05, 4.69) is 5.32 Å². The molecule has 1 aromatic heterocycles. The maximum atomic E-state index is 13.4. The zero-order valence-electron chi connectivity index (χ0n) is 17.1. The Labute approximate surface area is 169 Å². The molecule has 1 N–H and O–H groups in total. The van der Waals surface area contributed by atoms with Gasteiger partial charge in [-0.25, -0.2) is 0 Å². The van der Waals surface area contributed by atoms with Gasteiger partial charge in [-0.15, -0.1) is 0 Å². The summed E-state index contributed by atoms with van der Waals surface area (Å²) in [5.74, 6) is 0.498. The summed E-state index contributed by atoms with van der Waals surface area (Å²) in [7, 11) is 3.39. The van der Waals surface area contributed by atoms with E-state index >= 15 is 0 Å². The van der Waals surface area contributed by atoms with E-state index in [-0.39, 0.29) is 29.5 Å². The van der Waals surface area contributed by atoms with Gasteiger partial charge in [0.1, 0.15) is 0 Å². The molecule has 1 aliphatic heterocycles. The molecule has 7 nitrogen and oxygen atoms in total. The van der Waals surface area contributed by atoms with E-state index in [4.69, 9.17) is 4.74 Å². The van der Waals surface area contributed by atoms with Crippen LogP contribution in [0.4, 0.5) is 0 Å². The van der Waals surface area contributed by atoms with Crippen molar-refractivity contribution < 1.29 is 14.3 Å². The summed E-state index contributed by atoms with van der Waals surface area (Å²) in [4.78, 5) is 39.1. The van der Waals surface area contributed by atoms with E-state index in [0.717, 1.165) is 23.7 Å². The molecule has 0 spiro atoms. The van der Waals surface area contributed by atoms with Gasteiger partial charge >= 0.3 is 0 Å². The highest BCUT2D eigenvalue weighted by Crippen LogP contribution is 2.38. The predicted octanol–water partition coefficient (Wildman–Crippen LogP) is 1.54. The summed E-state index contributed by atoms with van der Waals surface area (Å²) in [5, 5.41) is 3.79. The predicted molar refractivity (Wildman–Crippen MR) is 110 cm³/mol. The van der Waals surface area contributed by atoms with Gasteiger partial charge in [-0.3, -0.25) is 14.4 Å². The molecule has 0 radical (unpaired) electrons. The molecule has 1 saturated heterocycles. The summed E-state index contributed by atoms with van der Waals surface area (Å²) in [5.41, 5.74) is 1.03. The number of hydrogen-bond acceptors (Lipinski definition) is 4. The number of para-hydroxylation sites is 1. The van der Waals surface area contributed by atoms with Crippen molar-refractivity contribution in [3.63, 3.8) is 0 Å². The van der Waals surface area contributed by atoms with Gasteiger partial charge in [-0.2, -0.15) is 0 Å². The Kier molecular flexibility index (Phi) is 5.17. The fraction of sp³-hybridized carbons (Fsp3) is 0.500. The van der Waals surface area contributed by atoms with E-state index in [1.807, 2.05) is 29.2 Å². The number of pyridine rings is 1. The van der Waals surface area contributed by atoms with Crippen molar-refractivity contribution >= 4 is 22.7 Å². The summed E-state index contributed by atoms with van der Waals surface area (Å²) in [6, 6.07) is 8.92. The average molecular weight is 397 g/mol. The normalized spacial score (nSPS) is 26.4. The van der Waals surface area contributed by atoms with Crippen LogP contribution in [-0.4, -0.2) is 53.6 Å². The lowest BCUT2D eigenvalue weighted by Crippen LogP contribution is -2.49. The van der Waals surface area contributed by atoms with Crippen LogP contribution in [0.2, 0.25) is 0 Å². The van der Waals surface area contributed by atoms with Gasteiger partial charge < -0.3 is 19.5 Å². The molecule has 2 fully saturated rings. The van der Waals surface area contributed by atoms with E-state index in [0.29, 0.717) is 30.5 Å². The van der Waals surface area contributed by atoms with E-state index in [1.54, 1.807) is 18.7 Å². The second-order valence-corrected chi connectivity index (χ2v) is 8.26. The topological polar surface area (TPSA) is 80.6 Å². The Morgan fingerprint density at radius 3 is 2.52 bits per heavy atom. The lowest BCUT2D eigenvalue weighted by atomic mass is 9.77. The van der Waals surface area contributed by atoms with Crippen molar-refractivity contribution in [2.75, 3.05) is 20.2 Å². The van der Waals surface area contributed by atoms with Crippen LogP contribution in [0.5, 0.6) is 0 Å². The Bertz CT molecular complexity index is 1010. The first-order valence-electron chi connectivity index (χ1n) is 10.1. The van der Waals surface area contributed by atoms with Crippen LogP contribution in [0.25, 0.3) is 10.9 Å². The molecule has 1 saturated carbocycles. The summed E-state index contributed by atoms with van der Waals surface area (Å²) < 4.78 is 7.18. The lowest BCUT2D eigenvalue weighted by Gasteiger charge is -2.37. The van der Waals surface area contributed by atoms with Crippen molar-refractivity contribution in [1.29, 1.82) is 0 Å². The number of likely N-dealkylation sites (tertiary alicyclic amines) is 1. The summed E-state index contributed by atoms with van der Waals surface area (Å²) >= 11 is 0. The van der Waals surface area contributed by atoms with Gasteiger partial charge in [0.25, 0.3) is 11.5 Å². The number of fused-ring (bicyclic) bond motifs is 2. The molecule has 4 rings (SSSR count). The molecule has 2 heterocycles. The second kappa shape index (κ2) is 7.63. The van der Waals surface area contributed by atoms with Crippen LogP contribution in [0.15, 0.2) is 35.1 Å². The van der Waals surface area contributed by atoms with Gasteiger partial charge in [0.15, 0.2) is 0 Å². The zero-order valence-corrected chi connectivity index (χ0v) is 17.1. The third-order valence-electron chi connectivity index (χ3n) is 6.48. The maximum Gasteiger partial charge on any atom is 0.254 e. The van der Waals surface area contributed by atoms with Crippen LogP contribution in [-0.2, 0) is 16.6 Å². The molecule has 2 aliphatic rings. The molecule has 154 valence electrons. The number of carbonyl (C=O) groups excluding carboxylic acids is 2. The Balaban J connectivity index is 1.60. The minimum Gasteiger partial charge on any atom is -0.379 e. The van der Waals surface area contributed by atoms with Gasteiger partial charge in [0.05, 0.1) is 23.2 Å². The lowest BCUT2D eigenvalue weighted by molar-refractivity contribution is -0.121. The number of methoxy groups -OCH3 is 1. The number of nitrogens with zero attached hydrogens (tertiary/aromatic N) is 2. The van der Waals surface area contributed by atoms with Crippen LogP contribution in [0.3, 0.4) is 0 Å². The minimum atomic E-state index is -0.186. The molecule has 4 atom stereocenters. The SMILES string of the molecule is CO[C@@H]1C[C@H]2CN(C(=O)c3cc(=O)n(C)c4ccccc34)C[C@H]2C[C@H]1NC(C)=O.